The van der Waals surface area contributed by atoms with Crippen molar-refractivity contribution in [1.82, 2.24) is 9.44 Å². The minimum absolute atomic E-state index is 0.101. The molecule has 0 amide bonds. The van der Waals surface area contributed by atoms with Crippen molar-refractivity contribution in [2.24, 2.45) is 0 Å². The Morgan fingerprint density at radius 3 is 1.28 bits per heavy atom. The molecule has 0 spiro atoms. The number of hydrogen-bond acceptors (Lipinski definition) is 6. The minimum Gasteiger partial charge on any atom is -0.214 e. The van der Waals surface area contributed by atoms with Crippen LogP contribution in [0.1, 0.15) is 135 Å². The van der Waals surface area contributed by atoms with Crippen molar-refractivity contribution in [3.05, 3.63) is 0 Å². The van der Waals surface area contributed by atoms with Crippen LogP contribution in [0.2, 0.25) is 0 Å². The summed E-state index contributed by atoms with van der Waals surface area (Å²) in [4.78, 5) is 0. The quantitative estimate of drug-likeness (QED) is 0.127. The molecule has 0 aliphatic heterocycles. The molecule has 0 heterocycles. The molecule has 0 aromatic carbocycles. The molecule has 0 saturated carbocycles. The molecule has 0 rings (SSSR count). The first-order chi connectivity index (χ1) is 17.3. The maximum absolute atomic E-state index is 12.9. The zero-order valence-electron chi connectivity index (χ0n) is 22.5. The van der Waals surface area contributed by atoms with E-state index in [0.29, 0.717) is 32.1 Å². The van der Waals surface area contributed by atoms with Crippen LogP contribution in [0.25, 0.3) is 0 Å². The molecule has 210 valence electrons. The normalized spacial score (nSPS) is 12.0. The Hall–Kier alpha value is -1.20. The van der Waals surface area contributed by atoms with Crippen molar-refractivity contribution in [3.8, 4) is 12.1 Å². The predicted molar refractivity (Wildman–Crippen MR) is 147 cm³/mol. The standard InChI is InChI=1S/C26H50N4O4S2/c1-2-3-16-21-26(35(31,32)29-24-19-14-10-6-4-8-12-17-22-27)36(33,34)30-25-20-15-11-7-5-9-13-18-23-28/h26,29-30H,2-21,24-25H2,1H3. The Bertz CT molecular complexity index is 754. The first kappa shape index (κ1) is 34.8. The Labute approximate surface area is 221 Å². The zero-order valence-corrected chi connectivity index (χ0v) is 24.1. The summed E-state index contributed by atoms with van der Waals surface area (Å²) in [6.07, 6.45) is 17.0. The lowest BCUT2D eigenvalue weighted by Gasteiger charge is -2.19. The van der Waals surface area contributed by atoms with Crippen LogP contribution in [0.5, 0.6) is 0 Å². The molecule has 10 heteroatoms. The summed E-state index contributed by atoms with van der Waals surface area (Å²) in [6.45, 7) is 2.51. The first-order valence-electron chi connectivity index (χ1n) is 14.0. The van der Waals surface area contributed by atoms with Crippen molar-refractivity contribution in [1.29, 1.82) is 10.5 Å². The van der Waals surface area contributed by atoms with Crippen LogP contribution >= 0.6 is 0 Å². The zero-order chi connectivity index (χ0) is 27.0. The van der Waals surface area contributed by atoms with Gasteiger partial charge in [0.25, 0.3) is 0 Å². The van der Waals surface area contributed by atoms with Crippen LogP contribution in [-0.4, -0.2) is 34.5 Å². The Kier molecular flexibility index (Phi) is 22.2. The van der Waals surface area contributed by atoms with Gasteiger partial charge in [-0.1, -0.05) is 90.4 Å². The van der Waals surface area contributed by atoms with E-state index >= 15 is 0 Å². The smallest absolute Gasteiger partial charge is 0.214 e. The lowest BCUT2D eigenvalue weighted by atomic mass is 10.1. The van der Waals surface area contributed by atoms with Gasteiger partial charge in [-0.15, -0.1) is 0 Å². The second-order valence-corrected chi connectivity index (χ2v) is 13.8. The number of unbranched alkanes of at least 4 members (excludes halogenated alkanes) is 16. The van der Waals surface area contributed by atoms with Gasteiger partial charge in [0.2, 0.25) is 20.0 Å². The molecule has 0 aliphatic carbocycles. The fraction of sp³-hybridized carbons (Fsp3) is 0.923. The van der Waals surface area contributed by atoms with Crippen LogP contribution in [0.4, 0.5) is 0 Å². The number of nitriles is 2. The molecule has 2 N–H and O–H groups in total. The third-order valence-corrected chi connectivity index (χ3v) is 10.9. The van der Waals surface area contributed by atoms with E-state index in [1.54, 1.807) is 0 Å². The summed E-state index contributed by atoms with van der Waals surface area (Å²) in [6, 6.07) is 4.29. The largest absolute Gasteiger partial charge is 0.230 e. The highest BCUT2D eigenvalue weighted by molar-refractivity contribution is 8.07. The molecular weight excluding hydrogens is 496 g/mol. The van der Waals surface area contributed by atoms with E-state index in [2.05, 4.69) is 21.6 Å². The van der Waals surface area contributed by atoms with Gasteiger partial charge in [-0.3, -0.25) is 0 Å². The molecule has 0 aromatic rings. The maximum Gasteiger partial charge on any atom is 0.230 e. The lowest BCUT2D eigenvalue weighted by Crippen LogP contribution is -2.45. The predicted octanol–water partition coefficient (Wildman–Crippen LogP) is 6.02. The first-order valence-corrected chi connectivity index (χ1v) is 17.1. The molecule has 0 saturated heterocycles. The summed E-state index contributed by atoms with van der Waals surface area (Å²) < 4.78 is 55.3. The van der Waals surface area contributed by atoms with Crippen molar-refractivity contribution in [2.45, 2.75) is 140 Å². The van der Waals surface area contributed by atoms with Crippen LogP contribution in [-0.2, 0) is 20.0 Å². The number of sulfonamides is 2. The minimum atomic E-state index is -3.98. The van der Waals surface area contributed by atoms with E-state index in [1.165, 1.54) is 0 Å². The second kappa shape index (κ2) is 23.0. The van der Waals surface area contributed by atoms with Crippen molar-refractivity contribution < 1.29 is 16.8 Å². The summed E-state index contributed by atoms with van der Waals surface area (Å²) in [5.41, 5.74) is 0. The number of nitrogens with zero attached hydrogens (tertiary/aromatic N) is 2. The highest BCUT2D eigenvalue weighted by Crippen LogP contribution is 2.17. The molecule has 0 radical (unpaired) electrons. The summed E-state index contributed by atoms with van der Waals surface area (Å²) in [7, 11) is -7.97. The van der Waals surface area contributed by atoms with Crippen molar-refractivity contribution in [3.63, 3.8) is 0 Å². The fourth-order valence-electron chi connectivity index (χ4n) is 4.08. The van der Waals surface area contributed by atoms with Gasteiger partial charge in [0.1, 0.15) is 0 Å². The van der Waals surface area contributed by atoms with Gasteiger partial charge >= 0.3 is 0 Å². The second-order valence-electron chi connectivity index (χ2n) is 9.57. The van der Waals surface area contributed by atoms with E-state index in [4.69, 9.17) is 10.5 Å². The van der Waals surface area contributed by atoms with Crippen LogP contribution in [0, 0.1) is 22.7 Å². The molecule has 8 nitrogen and oxygen atoms in total. The van der Waals surface area contributed by atoms with Gasteiger partial charge in [0, 0.05) is 25.9 Å². The number of hydrogen-bond donors (Lipinski definition) is 2. The van der Waals surface area contributed by atoms with Crippen LogP contribution in [0.15, 0.2) is 0 Å². The molecule has 0 aromatic heterocycles. The average Bonchev–Trinajstić information content (AvgIpc) is 2.83. The average molecular weight is 547 g/mol. The van der Waals surface area contributed by atoms with E-state index in [-0.39, 0.29) is 19.5 Å². The maximum atomic E-state index is 12.9. The van der Waals surface area contributed by atoms with E-state index in [1.807, 2.05) is 6.92 Å². The van der Waals surface area contributed by atoms with Crippen molar-refractivity contribution in [2.75, 3.05) is 13.1 Å². The molecular formula is C26H50N4O4S2. The summed E-state index contributed by atoms with van der Waals surface area (Å²) in [5.74, 6) is 0. The monoisotopic (exact) mass is 546 g/mol. The van der Waals surface area contributed by atoms with Crippen molar-refractivity contribution >= 4 is 20.0 Å². The summed E-state index contributed by atoms with van der Waals surface area (Å²) >= 11 is 0. The molecule has 0 aliphatic rings. The van der Waals surface area contributed by atoms with E-state index in [9.17, 15) is 16.8 Å². The van der Waals surface area contributed by atoms with E-state index < -0.39 is 24.6 Å². The van der Waals surface area contributed by atoms with Crippen LogP contribution < -0.4 is 9.44 Å². The molecule has 0 fully saturated rings. The van der Waals surface area contributed by atoms with Gasteiger partial charge in [-0.05, 0) is 32.1 Å². The molecule has 0 atom stereocenters. The fourth-order valence-corrected chi connectivity index (χ4v) is 8.00. The van der Waals surface area contributed by atoms with Gasteiger partial charge in [0.05, 0.1) is 12.1 Å². The Morgan fingerprint density at radius 2 is 0.917 bits per heavy atom. The summed E-state index contributed by atoms with van der Waals surface area (Å²) in [5, 5.41) is 17.1. The molecule has 0 unspecified atom stereocenters. The van der Waals surface area contributed by atoms with Gasteiger partial charge < -0.3 is 0 Å². The highest BCUT2D eigenvalue weighted by Gasteiger charge is 2.36. The topological polar surface area (TPSA) is 140 Å². The third kappa shape index (κ3) is 19.0. The third-order valence-electron chi connectivity index (χ3n) is 6.27. The van der Waals surface area contributed by atoms with Crippen LogP contribution in [0.3, 0.4) is 0 Å². The number of rotatable bonds is 26. The highest BCUT2D eigenvalue weighted by atomic mass is 32.3. The lowest BCUT2D eigenvalue weighted by molar-refractivity contribution is 0.536. The van der Waals surface area contributed by atoms with E-state index in [0.717, 1.165) is 89.9 Å². The Morgan fingerprint density at radius 1 is 0.556 bits per heavy atom. The van der Waals surface area contributed by atoms with Gasteiger partial charge in [-0.25, -0.2) is 26.3 Å². The van der Waals surface area contributed by atoms with Gasteiger partial charge in [-0.2, -0.15) is 10.5 Å². The number of nitrogens with one attached hydrogen (secondary N) is 2. The van der Waals surface area contributed by atoms with Gasteiger partial charge in [0.15, 0.2) is 4.58 Å². The SMILES string of the molecule is CCCCCC(S(=O)(=O)NCCCCCCCCCC#N)S(=O)(=O)NCCCCCCCCCC#N. The Balaban J connectivity index is 4.43. The molecule has 36 heavy (non-hydrogen) atoms. The molecule has 0 bridgehead atoms.